The van der Waals surface area contributed by atoms with Crippen molar-refractivity contribution in [1.29, 1.82) is 0 Å². The Balaban J connectivity index is 1.46. The molecule has 3 aromatic heterocycles. The Labute approximate surface area is 161 Å². The molecule has 2 N–H and O–H groups in total. The van der Waals surface area contributed by atoms with Gasteiger partial charge in [-0.15, -0.1) is 0 Å². The smallest absolute Gasteiger partial charge is 0.272 e. The Hall–Kier alpha value is -3.32. The molecule has 1 amide bonds. The van der Waals surface area contributed by atoms with Crippen LogP contribution in [0.4, 0.5) is 0 Å². The largest absolute Gasteiger partial charge is 0.393 e. The lowest BCUT2D eigenvalue weighted by Gasteiger charge is -2.38. The van der Waals surface area contributed by atoms with E-state index >= 15 is 0 Å². The highest BCUT2D eigenvalue weighted by atomic mass is 16.3. The maximum Gasteiger partial charge on any atom is 0.272 e. The van der Waals surface area contributed by atoms with Crippen LogP contribution in [0.2, 0.25) is 0 Å². The number of pyridine rings is 1. The Morgan fingerprint density at radius 2 is 2.07 bits per heavy atom. The van der Waals surface area contributed by atoms with Gasteiger partial charge >= 0.3 is 0 Å². The van der Waals surface area contributed by atoms with E-state index in [9.17, 15) is 9.90 Å². The summed E-state index contributed by atoms with van der Waals surface area (Å²) in [5, 5.41) is 13.9. The number of aliphatic hydroxyl groups excluding tert-OH is 1. The van der Waals surface area contributed by atoms with Crippen LogP contribution in [0.5, 0.6) is 0 Å². The van der Waals surface area contributed by atoms with E-state index in [0.717, 1.165) is 16.5 Å². The predicted molar refractivity (Wildman–Crippen MR) is 104 cm³/mol. The number of amides is 1. The van der Waals surface area contributed by atoms with E-state index in [1.807, 2.05) is 30.5 Å². The average Bonchev–Trinajstić information content (AvgIpc) is 3.14. The molecule has 1 atom stereocenters. The summed E-state index contributed by atoms with van der Waals surface area (Å²) in [4.78, 5) is 25.9. The first-order valence-electron chi connectivity index (χ1n) is 9.31. The van der Waals surface area contributed by atoms with Crippen molar-refractivity contribution in [2.24, 2.45) is 5.92 Å². The first kappa shape index (κ1) is 16.8. The zero-order valence-electron chi connectivity index (χ0n) is 15.1. The van der Waals surface area contributed by atoms with Gasteiger partial charge in [0.1, 0.15) is 5.69 Å². The summed E-state index contributed by atoms with van der Waals surface area (Å²) in [6.45, 7) is 0. The lowest BCUT2D eigenvalue weighted by molar-refractivity contribution is 0.0234. The van der Waals surface area contributed by atoms with E-state index in [1.165, 1.54) is 0 Å². The molecule has 1 unspecified atom stereocenters. The van der Waals surface area contributed by atoms with Crippen LogP contribution in [-0.4, -0.2) is 36.5 Å². The molecule has 5 rings (SSSR count). The lowest BCUT2D eigenvalue weighted by Crippen LogP contribution is -2.41. The number of aromatic nitrogens is 4. The molecule has 7 heteroatoms. The molecule has 1 aliphatic rings. The van der Waals surface area contributed by atoms with Gasteiger partial charge in [-0.2, -0.15) is 0 Å². The van der Waals surface area contributed by atoms with E-state index in [0.29, 0.717) is 24.3 Å². The van der Waals surface area contributed by atoms with Gasteiger partial charge < -0.3 is 10.4 Å². The van der Waals surface area contributed by atoms with Gasteiger partial charge in [0.25, 0.3) is 5.91 Å². The monoisotopic (exact) mass is 373 g/mol. The molecule has 140 valence electrons. The number of para-hydroxylation sites is 1. The molecule has 1 aromatic carbocycles. The van der Waals surface area contributed by atoms with Gasteiger partial charge in [-0.1, -0.05) is 18.2 Å². The van der Waals surface area contributed by atoms with Crippen LogP contribution < -0.4 is 5.32 Å². The van der Waals surface area contributed by atoms with Crippen molar-refractivity contribution in [2.75, 3.05) is 0 Å². The minimum Gasteiger partial charge on any atom is -0.393 e. The zero-order valence-corrected chi connectivity index (χ0v) is 15.1. The van der Waals surface area contributed by atoms with E-state index in [4.69, 9.17) is 0 Å². The number of benzene rings is 1. The highest BCUT2D eigenvalue weighted by Crippen LogP contribution is 2.38. The predicted octanol–water partition coefficient (Wildman–Crippen LogP) is 2.52. The van der Waals surface area contributed by atoms with Gasteiger partial charge in [0, 0.05) is 30.2 Å². The van der Waals surface area contributed by atoms with Gasteiger partial charge in [0.15, 0.2) is 0 Å². The highest BCUT2D eigenvalue weighted by Gasteiger charge is 2.36. The number of nitrogens with one attached hydrogen (secondary N) is 1. The van der Waals surface area contributed by atoms with Crippen LogP contribution in [0.3, 0.4) is 0 Å². The molecular formula is C21H19N5O2. The highest BCUT2D eigenvalue weighted by molar-refractivity contribution is 5.93. The molecule has 0 bridgehead atoms. The number of rotatable bonds is 4. The van der Waals surface area contributed by atoms with Crippen molar-refractivity contribution in [3.8, 4) is 0 Å². The molecular weight excluding hydrogens is 354 g/mol. The third-order valence-electron chi connectivity index (χ3n) is 5.35. The van der Waals surface area contributed by atoms with Crippen LogP contribution >= 0.6 is 0 Å². The summed E-state index contributed by atoms with van der Waals surface area (Å²) in [5.74, 6) is 0.387. The fourth-order valence-corrected chi connectivity index (χ4v) is 3.79. The second-order valence-electron chi connectivity index (χ2n) is 7.25. The number of aliphatic hydroxyl groups is 1. The summed E-state index contributed by atoms with van der Waals surface area (Å²) in [6.07, 6.45) is 7.93. The molecule has 4 aromatic rings. The van der Waals surface area contributed by atoms with Crippen LogP contribution in [0.1, 0.15) is 34.9 Å². The van der Waals surface area contributed by atoms with Gasteiger partial charge in [0.2, 0.25) is 5.78 Å². The second kappa shape index (κ2) is 6.69. The average molecular weight is 373 g/mol. The van der Waals surface area contributed by atoms with E-state index in [1.54, 1.807) is 29.1 Å². The molecule has 3 heterocycles. The summed E-state index contributed by atoms with van der Waals surface area (Å²) in [6, 6.07) is 11.5. The number of carbonyl (C=O) groups excluding carboxylic acids is 1. The number of imidazole rings is 1. The minimum atomic E-state index is -0.308. The molecule has 0 radical (unpaired) electrons. The molecule has 1 fully saturated rings. The van der Waals surface area contributed by atoms with E-state index < -0.39 is 0 Å². The Morgan fingerprint density at radius 3 is 2.89 bits per heavy atom. The lowest BCUT2D eigenvalue weighted by atomic mass is 9.75. The van der Waals surface area contributed by atoms with Crippen molar-refractivity contribution in [2.45, 2.75) is 25.0 Å². The topological polar surface area (TPSA) is 92.4 Å². The molecule has 1 saturated carbocycles. The van der Waals surface area contributed by atoms with Crippen molar-refractivity contribution < 1.29 is 9.90 Å². The standard InChI is InChI=1S/C21H19N5O2/c27-16-9-14(10-16)19(15-8-13-4-1-2-5-17(13)23-11-15)25-20(28)18-12-26-7-3-6-22-21(26)24-18/h1-8,11-12,14,16,19,27H,9-10H2,(H,25,28). The van der Waals surface area contributed by atoms with Crippen molar-refractivity contribution in [3.63, 3.8) is 0 Å². The summed E-state index contributed by atoms with van der Waals surface area (Å²) >= 11 is 0. The van der Waals surface area contributed by atoms with Gasteiger partial charge in [-0.3, -0.25) is 14.2 Å². The molecule has 0 saturated heterocycles. The quantitative estimate of drug-likeness (QED) is 0.573. The van der Waals surface area contributed by atoms with Gasteiger partial charge in [-0.05, 0) is 42.5 Å². The third kappa shape index (κ3) is 2.99. The first-order chi connectivity index (χ1) is 13.7. The summed E-state index contributed by atoms with van der Waals surface area (Å²) in [7, 11) is 0. The number of hydrogen-bond donors (Lipinski definition) is 2. The number of hydrogen-bond acceptors (Lipinski definition) is 5. The second-order valence-corrected chi connectivity index (χ2v) is 7.25. The van der Waals surface area contributed by atoms with E-state index in [-0.39, 0.29) is 24.0 Å². The Kier molecular flexibility index (Phi) is 4.02. The molecule has 7 nitrogen and oxygen atoms in total. The molecule has 1 aliphatic carbocycles. The zero-order chi connectivity index (χ0) is 19.1. The van der Waals surface area contributed by atoms with Crippen LogP contribution in [0, 0.1) is 5.92 Å². The van der Waals surface area contributed by atoms with Gasteiger partial charge in [0.05, 0.1) is 17.7 Å². The van der Waals surface area contributed by atoms with Gasteiger partial charge in [-0.25, -0.2) is 9.97 Å². The number of nitrogens with zero attached hydrogens (tertiary/aromatic N) is 4. The third-order valence-corrected chi connectivity index (χ3v) is 5.35. The molecule has 0 aliphatic heterocycles. The molecule has 0 spiro atoms. The minimum absolute atomic E-state index is 0.164. The molecule has 28 heavy (non-hydrogen) atoms. The Bertz CT molecular complexity index is 1130. The fourth-order valence-electron chi connectivity index (χ4n) is 3.79. The summed E-state index contributed by atoms with van der Waals surface area (Å²) < 4.78 is 1.72. The van der Waals surface area contributed by atoms with E-state index in [2.05, 4.69) is 26.3 Å². The first-order valence-corrected chi connectivity index (χ1v) is 9.31. The van der Waals surface area contributed by atoms with Crippen LogP contribution in [-0.2, 0) is 0 Å². The van der Waals surface area contributed by atoms with Crippen LogP contribution in [0.25, 0.3) is 16.7 Å². The Morgan fingerprint density at radius 1 is 1.21 bits per heavy atom. The van der Waals surface area contributed by atoms with Crippen molar-refractivity contribution in [3.05, 3.63) is 72.4 Å². The number of fused-ring (bicyclic) bond motifs is 2. The van der Waals surface area contributed by atoms with Crippen molar-refractivity contribution in [1.82, 2.24) is 24.7 Å². The van der Waals surface area contributed by atoms with Crippen LogP contribution in [0.15, 0.2) is 61.2 Å². The summed E-state index contributed by atoms with van der Waals surface area (Å²) in [5.41, 5.74) is 2.17. The van der Waals surface area contributed by atoms with Crippen molar-refractivity contribution >= 4 is 22.6 Å². The maximum absolute atomic E-state index is 12.9. The number of carbonyl (C=O) groups is 1. The fraction of sp³-hybridized carbons (Fsp3) is 0.238. The normalized spacial score (nSPS) is 20.0. The maximum atomic E-state index is 12.9. The SMILES string of the molecule is O=C(NC(c1cnc2ccccc2c1)C1CC(O)C1)c1cn2cccnc2n1.